The van der Waals surface area contributed by atoms with Gasteiger partial charge in [0.1, 0.15) is 11.5 Å². The molecule has 0 spiro atoms. The number of hydrazone groups is 1. The van der Waals surface area contributed by atoms with E-state index in [1.54, 1.807) is 36.4 Å². The lowest BCUT2D eigenvalue weighted by Gasteiger charge is -2.09. The van der Waals surface area contributed by atoms with Gasteiger partial charge in [-0.3, -0.25) is 9.59 Å². The number of halogens is 1. The van der Waals surface area contributed by atoms with E-state index in [0.717, 1.165) is 21.3 Å². The van der Waals surface area contributed by atoms with Gasteiger partial charge in [-0.1, -0.05) is 40.2 Å². The second kappa shape index (κ2) is 11.7. The molecular formula is C24H22BrN3O4. The van der Waals surface area contributed by atoms with E-state index in [0.29, 0.717) is 11.5 Å². The summed E-state index contributed by atoms with van der Waals surface area (Å²) < 4.78 is 11.8. The van der Waals surface area contributed by atoms with Gasteiger partial charge in [-0.15, -0.1) is 0 Å². The first kappa shape index (κ1) is 23.0. The summed E-state index contributed by atoms with van der Waals surface area (Å²) >= 11 is 3.34. The van der Waals surface area contributed by atoms with Crippen molar-refractivity contribution in [3.8, 4) is 11.5 Å². The van der Waals surface area contributed by atoms with Crippen molar-refractivity contribution in [1.29, 1.82) is 0 Å². The first-order valence-corrected chi connectivity index (χ1v) is 10.6. The minimum Gasteiger partial charge on any atom is -0.484 e. The van der Waals surface area contributed by atoms with Gasteiger partial charge in [0.25, 0.3) is 11.8 Å². The van der Waals surface area contributed by atoms with Crippen LogP contribution in [0.25, 0.3) is 0 Å². The van der Waals surface area contributed by atoms with Crippen molar-refractivity contribution in [2.75, 3.05) is 18.5 Å². The predicted molar refractivity (Wildman–Crippen MR) is 127 cm³/mol. The number of nitrogens with one attached hydrogen (secondary N) is 2. The molecule has 7 nitrogen and oxygen atoms in total. The van der Waals surface area contributed by atoms with E-state index in [-0.39, 0.29) is 25.0 Å². The van der Waals surface area contributed by atoms with Gasteiger partial charge in [0.2, 0.25) is 0 Å². The molecule has 0 aliphatic heterocycles. The molecule has 0 aliphatic carbocycles. The number of hydrogen-bond acceptors (Lipinski definition) is 5. The average Bonchev–Trinajstić information content (AvgIpc) is 2.79. The third-order valence-electron chi connectivity index (χ3n) is 4.24. The largest absolute Gasteiger partial charge is 0.484 e. The molecule has 0 atom stereocenters. The Morgan fingerprint density at radius 1 is 0.906 bits per heavy atom. The summed E-state index contributed by atoms with van der Waals surface area (Å²) in [4.78, 5) is 23.9. The summed E-state index contributed by atoms with van der Waals surface area (Å²) in [5, 5.41) is 6.73. The number of amides is 2. The van der Waals surface area contributed by atoms with Crippen LogP contribution in [0.5, 0.6) is 11.5 Å². The Kier molecular flexibility index (Phi) is 8.39. The first-order valence-electron chi connectivity index (χ1n) is 9.78. The Labute approximate surface area is 194 Å². The molecule has 2 amide bonds. The van der Waals surface area contributed by atoms with Crippen molar-refractivity contribution in [2.45, 2.75) is 6.92 Å². The number of nitrogens with zero attached hydrogens (tertiary/aromatic N) is 1. The van der Waals surface area contributed by atoms with Crippen molar-refractivity contribution < 1.29 is 19.1 Å². The van der Waals surface area contributed by atoms with Crippen molar-refractivity contribution in [2.24, 2.45) is 5.10 Å². The van der Waals surface area contributed by atoms with Crippen molar-refractivity contribution in [3.63, 3.8) is 0 Å². The molecule has 8 heteroatoms. The zero-order chi connectivity index (χ0) is 22.8. The summed E-state index contributed by atoms with van der Waals surface area (Å²) in [6.45, 7) is 1.68. The summed E-state index contributed by atoms with van der Waals surface area (Å²) in [5.41, 5.74) is 4.91. The van der Waals surface area contributed by atoms with Gasteiger partial charge in [0, 0.05) is 10.2 Å². The molecule has 0 unspecified atom stereocenters. The maximum atomic E-state index is 12.1. The van der Waals surface area contributed by atoms with Gasteiger partial charge in [-0.05, 0) is 66.6 Å². The normalized spacial score (nSPS) is 10.6. The molecular weight excluding hydrogens is 474 g/mol. The van der Waals surface area contributed by atoms with Crippen molar-refractivity contribution in [1.82, 2.24) is 5.43 Å². The molecule has 2 N–H and O–H groups in total. The molecule has 0 heterocycles. The molecule has 0 aromatic heterocycles. The molecule has 3 rings (SSSR count). The molecule has 0 saturated carbocycles. The fraction of sp³-hybridized carbons (Fsp3) is 0.125. The minimum atomic E-state index is -0.374. The number of para-hydroxylation sites is 1. The molecule has 0 saturated heterocycles. The number of ether oxygens (including phenoxy) is 2. The molecule has 3 aromatic rings. The topological polar surface area (TPSA) is 89.0 Å². The van der Waals surface area contributed by atoms with Crippen LogP contribution in [0.3, 0.4) is 0 Å². The van der Waals surface area contributed by atoms with Gasteiger partial charge in [0.15, 0.2) is 13.2 Å². The number of hydrogen-bond donors (Lipinski definition) is 2. The SMILES string of the molecule is Cc1ccccc1NC(=O)COc1ccc(/C=N/NC(=O)COc2cccc(Br)c2)cc1. The van der Waals surface area contributed by atoms with E-state index in [4.69, 9.17) is 9.47 Å². The lowest BCUT2D eigenvalue weighted by atomic mass is 10.2. The highest BCUT2D eigenvalue weighted by atomic mass is 79.9. The zero-order valence-corrected chi connectivity index (χ0v) is 19.0. The van der Waals surface area contributed by atoms with Crippen LogP contribution < -0.4 is 20.2 Å². The summed E-state index contributed by atoms with van der Waals surface area (Å²) in [5.74, 6) is 0.522. The van der Waals surface area contributed by atoms with E-state index in [9.17, 15) is 9.59 Å². The molecule has 164 valence electrons. The summed E-state index contributed by atoms with van der Waals surface area (Å²) in [6.07, 6.45) is 1.51. The van der Waals surface area contributed by atoms with E-state index in [2.05, 4.69) is 31.8 Å². The fourth-order valence-electron chi connectivity index (χ4n) is 2.62. The molecule has 0 fully saturated rings. The van der Waals surface area contributed by atoms with Crippen LogP contribution >= 0.6 is 15.9 Å². The average molecular weight is 496 g/mol. The molecule has 0 bridgehead atoms. The van der Waals surface area contributed by atoms with E-state index >= 15 is 0 Å². The smallest absolute Gasteiger partial charge is 0.277 e. The number of benzene rings is 3. The number of rotatable bonds is 9. The van der Waals surface area contributed by atoms with Gasteiger partial charge in [-0.2, -0.15) is 5.10 Å². The van der Waals surface area contributed by atoms with Gasteiger partial charge in [0.05, 0.1) is 6.21 Å². The number of carbonyl (C=O) groups is 2. The molecule has 3 aromatic carbocycles. The highest BCUT2D eigenvalue weighted by Crippen LogP contribution is 2.17. The Hall–Kier alpha value is -3.65. The Morgan fingerprint density at radius 3 is 2.38 bits per heavy atom. The van der Waals surface area contributed by atoms with Crippen LogP contribution in [-0.2, 0) is 9.59 Å². The third-order valence-corrected chi connectivity index (χ3v) is 4.73. The van der Waals surface area contributed by atoms with E-state index in [1.807, 2.05) is 43.3 Å². The minimum absolute atomic E-state index is 0.101. The van der Waals surface area contributed by atoms with E-state index < -0.39 is 0 Å². The number of carbonyl (C=O) groups excluding carboxylic acids is 2. The van der Waals surface area contributed by atoms with Crippen LogP contribution in [0.15, 0.2) is 82.4 Å². The quantitative estimate of drug-likeness (QED) is 0.342. The van der Waals surface area contributed by atoms with Crippen molar-refractivity contribution >= 4 is 39.6 Å². The monoisotopic (exact) mass is 495 g/mol. The van der Waals surface area contributed by atoms with E-state index in [1.165, 1.54) is 6.21 Å². The number of aryl methyl sites for hydroxylation is 1. The Bertz CT molecular complexity index is 1100. The Balaban J connectivity index is 1.40. The van der Waals surface area contributed by atoms with Crippen LogP contribution in [0, 0.1) is 6.92 Å². The second-order valence-electron chi connectivity index (χ2n) is 6.76. The maximum Gasteiger partial charge on any atom is 0.277 e. The van der Waals surface area contributed by atoms with Crippen LogP contribution in [0.2, 0.25) is 0 Å². The lowest BCUT2D eigenvalue weighted by molar-refractivity contribution is -0.123. The highest BCUT2D eigenvalue weighted by Gasteiger charge is 2.06. The zero-order valence-electron chi connectivity index (χ0n) is 17.4. The van der Waals surface area contributed by atoms with Crippen molar-refractivity contribution in [3.05, 3.63) is 88.4 Å². The first-order chi connectivity index (χ1) is 15.5. The highest BCUT2D eigenvalue weighted by molar-refractivity contribution is 9.10. The van der Waals surface area contributed by atoms with Crippen LogP contribution in [0.4, 0.5) is 5.69 Å². The van der Waals surface area contributed by atoms with Crippen LogP contribution in [0.1, 0.15) is 11.1 Å². The molecule has 32 heavy (non-hydrogen) atoms. The fourth-order valence-corrected chi connectivity index (χ4v) is 2.99. The van der Waals surface area contributed by atoms with Gasteiger partial charge < -0.3 is 14.8 Å². The third kappa shape index (κ3) is 7.55. The van der Waals surface area contributed by atoms with Gasteiger partial charge in [-0.25, -0.2) is 5.43 Å². The Morgan fingerprint density at radius 2 is 1.62 bits per heavy atom. The molecule has 0 radical (unpaired) electrons. The standard InChI is InChI=1S/C24H22BrN3O4/c1-17-5-2-3-8-22(17)27-23(29)15-31-20-11-9-18(10-12-20)14-26-28-24(30)16-32-21-7-4-6-19(25)13-21/h2-14H,15-16H2,1H3,(H,27,29)(H,28,30)/b26-14+. The molecule has 0 aliphatic rings. The number of anilines is 1. The summed E-state index contributed by atoms with van der Waals surface area (Å²) in [6, 6.07) is 21.7. The second-order valence-corrected chi connectivity index (χ2v) is 7.68. The summed E-state index contributed by atoms with van der Waals surface area (Å²) in [7, 11) is 0. The van der Waals surface area contributed by atoms with Gasteiger partial charge >= 0.3 is 0 Å². The lowest BCUT2D eigenvalue weighted by Crippen LogP contribution is -2.24. The van der Waals surface area contributed by atoms with Crippen LogP contribution in [-0.4, -0.2) is 31.2 Å². The predicted octanol–water partition coefficient (Wildman–Crippen LogP) is 4.30. The maximum absolute atomic E-state index is 12.1.